The van der Waals surface area contributed by atoms with Crippen LogP contribution in [0.1, 0.15) is 34.3 Å². The van der Waals surface area contributed by atoms with Crippen LogP contribution in [0.15, 0.2) is 78.0 Å². The first-order chi connectivity index (χ1) is 16.6. The highest BCUT2D eigenvalue weighted by atomic mass is 32.2. The molecule has 0 radical (unpaired) electrons. The first-order valence-electron chi connectivity index (χ1n) is 11.4. The van der Waals surface area contributed by atoms with E-state index >= 15 is 0 Å². The van der Waals surface area contributed by atoms with E-state index in [-0.39, 0.29) is 11.7 Å². The van der Waals surface area contributed by atoms with Crippen LogP contribution < -0.4 is 0 Å². The van der Waals surface area contributed by atoms with Gasteiger partial charge in [0.05, 0.1) is 5.69 Å². The van der Waals surface area contributed by atoms with E-state index in [0.717, 1.165) is 42.6 Å². The number of para-hydroxylation sites is 1. The number of aromatic nitrogens is 3. The van der Waals surface area contributed by atoms with Gasteiger partial charge in [-0.1, -0.05) is 65.9 Å². The van der Waals surface area contributed by atoms with E-state index in [4.69, 9.17) is 0 Å². The number of carbonyl (C=O) groups excluding carboxylic acids is 1. The van der Waals surface area contributed by atoms with Gasteiger partial charge in [0, 0.05) is 30.0 Å². The summed E-state index contributed by atoms with van der Waals surface area (Å²) in [7, 11) is 0. The monoisotopic (exact) mass is 472 g/mol. The summed E-state index contributed by atoms with van der Waals surface area (Å²) in [4.78, 5) is 14.7. The molecule has 0 unspecified atom stereocenters. The van der Waals surface area contributed by atoms with E-state index in [1.807, 2.05) is 60.4 Å². The van der Waals surface area contributed by atoms with Gasteiger partial charge in [0.1, 0.15) is 5.82 Å². The predicted molar refractivity (Wildman–Crippen MR) is 133 cm³/mol. The third-order valence-electron chi connectivity index (χ3n) is 5.97. The van der Waals surface area contributed by atoms with Crippen LogP contribution in [0.3, 0.4) is 0 Å². The Morgan fingerprint density at radius 2 is 1.74 bits per heavy atom. The maximum atomic E-state index is 14.8. The molecule has 0 spiro atoms. The van der Waals surface area contributed by atoms with Crippen molar-refractivity contribution in [3.63, 3.8) is 0 Å². The first-order valence-corrected chi connectivity index (χ1v) is 12.4. The van der Waals surface area contributed by atoms with Crippen LogP contribution in [0.25, 0.3) is 17.1 Å². The molecule has 7 heteroatoms. The molecular formula is C27H25FN4OS. The highest BCUT2D eigenvalue weighted by Gasteiger charge is 2.21. The van der Waals surface area contributed by atoms with E-state index in [2.05, 4.69) is 10.2 Å². The van der Waals surface area contributed by atoms with Gasteiger partial charge >= 0.3 is 0 Å². The number of benzene rings is 3. The number of likely N-dealkylation sites (tertiary alicyclic amines) is 1. The minimum atomic E-state index is -0.337. The number of hydrogen-bond donors (Lipinski definition) is 0. The number of nitrogens with zero attached hydrogens (tertiary/aromatic N) is 4. The smallest absolute Gasteiger partial charge is 0.253 e. The lowest BCUT2D eigenvalue weighted by Gasteiger charge is -2.15. The van der Waals surface area contributed by atoms with E-state index in [1.165, 1.54) is 17.8 Å². The average molecular weight is 473 g/mol. The molecule has 0 atom stereocenters. The third-order valence-corrected chi connectivity index (χ3v) is 6.97. The van der Waals surface area contributed by atoms with Crippen molar-refractivity contribution < 1.29 is 9.18 Å². The second kappa shape index (κ2) is 9.81. The van der Waals surface area contributed by atoms with Gasteiger partial charge in [-0.3, -0.25) is 9.36 Å². The van der Waals surface area contributed by atoms with Crippen LogP contribution in [0.4, 0.5) is 4.39 Å². The molecule has 3 aromatic carbocycles. The molecule has 1 saturated heterocycles. The maximum absolute atomic E-state index is 14.8. The Balaban J connectivity index is 1.44. The molecule has 172 valence electrons. The lowest BCUT2D eigenvalue weighted by atomic mass is 10.1. The Kier molecular flexibility index (Phi) is 6.45. The Morgan fingerprint density at radius 1 is 0.971 bits per heavy atom. The summed E-state index contributed by atoms with van der Waals surface area (Å²) in [5.74, 6) is 0.920. The quantitative estimate of drug-likeness (QED) is 0.327. The number of carbonyl (C=O) groups is 1. The fourth-order valence-electron chi connectivity index (χ4n) is 4.15. The van der Waals surface area contributed by atoms with Crippen molar-refractivity contribution in [3.8, 4) is 17.1 Å². The van der Waals surface area contributed by atoms with Crippen LogP contribution in [-0.2, 0) is 5.75 Å². The fraction of sp³-hybridized carbons (Fsp3) is 0.222. The van der Waals surface area contributed by atoms with Gasteiger partial charge < -0.3 is 4.90 Å². The van der Waals surface area contributed by atoms with Gasteiger partial charge in [0.2, 0.25) is 0 Å². The summed E-state index contributed by atoms with van der Waals surface area (Å²) in [5, 5.41) is 9.41. The lowest BCUT2D eigenvalue weighted by molar-refractivity contribution is 0.0792. The Morgan fingerprint density at radius 3 is 2.50 bits per heavy atom. The van der Waals surface area contributed by atoms with Crippen LogP contribution >= 0.6 is 11.8 Å². The molecule has 2 heterocycles. The highest BCUT2D eigenvalue weighted by Crippen LogP contribution is 2.31. The summed E-state index contributed by atoms with van der Waals surface area (Å²) < 4.78 is 16.6. The molecule has 0 N–H and O–H groups in total. The van der Waals surface area contributed by atoms with Crippen LogP contribution in [0, 0.1) is 12.7 Å². The molecule has 0 bridgehead atoms. The standard InChI is InChI=1S/C27H25FN4OS/c1-19-11-13-21(14-12-19)25-29-30-27(32(25)24-10-3-2-9-23(24)28)34-18-20-7-6-8-22(17-20)26(33)31-15-4-5-16-31/h2-3,6-14,17H,4-5,15-16,18H2,1H3. The van der Waals surface area contributed by atoms with E-state index in [0.29, 0.717) is 28.0 Å². The van der Waals surface area contributed by atoms with Gasteiger partial charge in [0.25, 0.3) is 5.91 Å². The summed E-state index contributed by atoms with van der Waals surface area (Å²) in [6.45, 7) is 3.67. The van der Waals surface area contributed by atoms with Crippen LogP contribution in [0.5, 0.6) is 0 Å². The zero-order valence-corrected chi connectivity index (χ0v) is 19.8. The molecule has 0 aliphatic carbocycles. The summed E-state index contributed by atoms with van der Waals surface area (Å²) in [6.07, 6.45) is 2.13. The van der Waals surface area contributed by atoms with Crippen molar-refractivity contribution in [1.29, 1.82) is 0 Å². The molecular weight excluding hydrogens is 447 g/mol. The molecule has 1 aliphatic rings. The molecule has 5 rings (SSSR count). The molecule has 1 fully saturated rings. The number of rotatable bonds is 6. The number of aryl methyl sites for hydroxylation is 1. The minimum absolute atomic E-state index is 0.0838. The topological polar surface area (TPSA) is 51.0 Å². The normalized spacial score (nSPS) is 13.4. The SMILES string of the molecule is Cc1ccc(-c2nnc(SCc3cccc(C(=O)N4CCCC4)c3)n2-c2ccccc2F)cc1. The van der Waals surface area contributed by atoms with Crippen LogP contribution in [0.2, 0.25) is 0 Å². The molecule has 0 saturated carbocycles. The van der Waals surface area contributed by atoms with Gasteiger partial charge in [-0.25, -0.2) is 4.39 Å². The lowest BCUT2D eigenvalue weighted by Crippen LogP contribution is -2.27. The Labute approximate surface area is 202 Å². The predicted octanol–water partition coefficient (Wildman–Crippen LogP) is 5.91. The zero-order chi connectivity index (χ0) is 23.5. The molecule has 1 aromatic heterocycles. The summed E-state index contributed by atoms with van der Waals surface area (Å²) >= 11 is 1.47. The molecule has 5 nitrogen and oxygen atoms in total. The van der Waals surface area contributed by atoms with Gasteiger partial charge in [0.15, 0.2) is 11.0 Å². The second-order valence-electron chi connectivity index (χ2n) is 8.45. The largest absolute Gasteiger partial charge is 0.339 e. The Hall–Kier alpha value is -3.45. The minimum Gasteiger partial charge on any atom is -0.339 e. The van der Waals surface area contributed by atoms with E-state index in [9.17, 15) is 9.18 Å². The number of hydrogen-bond acceptors (Lipinski definition) is 4. The third kappa shape index (κ3) is 4.61. The highest BCUT2D eigenvalue weighted by molar-refractivity contribution is 7.98. The first kappa shape index (κ1) is 22.3. The van der Waals surface area contributed by atoms with Crippen molar-refractivity contribution in [2.45, 2.75) is 30.7 Å². The van der Waals surface area contributed by atoms with Crippen molar-refractivity contribution in [3.05, 3.63) is 95.3 Å². The number of thioether (sulfide) groups is 1. The van der Waals surface area contributed by atoms with Crippen molar-refractivity contribution in [1.82, 2.24) is 19.7 Å². The van der Waals surface area contributed by atoms with E-state index < -0.39 is 0 Å². The van der Waals surface area contributed by atoms with Gasteiger partial charge in [-0.15, -0.1) is 10.2 Å². The Bertz CT molecular complexity index is 1310. The van der Waals surface area contributed by atoms with Gasteiger partial charge in [-0.05, 0) is 49.6 Å². The number of amides is 1. The molecule has 1 aliphatic heterocycles. The average Bonchev–Trinajstić information content (AvgIpc) is 3.54. The molecule has 34 heavy (non-hydrogen) atoms. The van der Waals surface area contributed by atoms with Crippen molar-refractivity contribution in [2.24, 2.45) is 0 Å². The van der Waals surface area contributed by atoms with Gasteiger partial charge in [-0.2, -0.15) is 0 Å². The summed E-state index contributed by atoms with van der Waals surface area (Å²) in [5.41, 5.74) is 4.12. The maximum Gasteiger partial charge on any atom is 0.253 e. The van der Waals surface area contributed by atoms with E-state index in [1.54, 1.807) is 22.8 Å². The van der Waals surface area contributed by atoms with Crippen LogP contribution in [-0.4, -0.2) is 38.7 Å². The number of halogens is 1. The molecule has 1 amide bonds. The second-order valence-corrected chi connectivity index (χ2v) is 9.39. The van der Waals surface area contributed by atoms with Crippen molar-refractivity contribution >= 4 is 17.7 Å². The fourth-order valence-corrected chi connectivity index (χ4v) is 5.04. The zero-order valence-electron chi connectivity index (χ0n) is 18.9. The molecule has 4 aromatic rings. The van der Waals surface area contributed by atoms with Crippen molar-refractivity contribution in [2.75, 3.05) is 13.1 Å². The summed E-state index contributed by atoms with van der Waals surface area (Å²) in [6, 6.07) is 22.3.